The molecule has 6 nitrogen and oxygen atoms in total. The summed E-state index contributed by atoms with van der Waals surface area (Å²) in [4.78, 5) is 0. The molecule has 0 aliphatic heterocycles. The molecule has 0 atom stereocenters. The molecule has 0 aliphatic carbocycles. The SMILES string of the molecule is CCCO[Si](CC)(CC)N(S(=O)(=O)C(F)(F)F)S(=O)(=O)C(F)(F)F. The van der Waals surface area contributed by atoms with Crippen LogP contribution in [0.25, 0.3) is 0 Å². The lowest BCUT2D eigenvalue weighted by atomic mass is 10.5. The Morgan fingerprint density at radius 3 is 1.38 bits per heavy atom. The molecule has 0 aromatic carbocycles. The van der Waals surface area contributed by atoms with Crippen molar-refractivity contribution in [2.24, 2.45) is 0 Å². The van der Waals surface area contributed by atoms with Gasteiger partial charge in [-0.2, -0.15) is 26.3 Å². The van der Waals surface area contributed by atoms with Crippen molar-refractivity contribution in [2.45, 2.75) is 50.3 Å². The van der Waals surface area contributed by atoms with Crippen LogP contribution in [0.15, 0.2) is 0 Å². The Labute approximate surface area is 137 Å². The zero-order valence-corrected chi connectivity index (χ0v) is 15.5. The van der Waals surface area contributed by atoms with E-state index in [2.05, 4.69) is 0 Å². The summed E-state index contributed by atoms with van der Waals surface area (Å²) in [5, 5.41) is 0. The van der Waals surface area contributed by atoms with Gasteiger partial charge in [0.1, 0.15) is 0 Å². The van der Waals surface area contributed by atoms with Crippen LogP contribution >= 0.6 is 0 Å². The molecule has 0 bridgehead atoms. The average molecular weight is 425 g/mol. The minimum absolute atomic E-state index is 0.140. The molecule has 0 saturated heterocycles. The largest absolute Gasteiger partial charge is 0.512 e. The highest BCUT2D eigenvalue weighted by Gasteiger charge is 2.68. The maximum Gasteiger partial charge on any atom is 0.512 e. The molecule has 0 fully saturated rings. The van der Waals surface area contributed by atoms with E-state index in [1.54, 1.807) is 0 Å². The topological polar surface area (TPSA) is 80.8 Å². The predicted octanol–water partition coefficient (Wildman–Crippen LogP) is 2.90. The summed E-state index contributed by atoms with van der Waals surface area (Å²) in [6, 6.07) is -1.23. The van der Waals surface area contributed by atoms with Crippen molar-refractivity contribution in [3.63, 3.8) is 0 Å². The zero-order valence-electron chi connectivity index (χ0n) is 12.9. The van der Waals surface area contributed by atoms with Gasteiger partial charge in [-0.3, -0.25) is 0 Å². The average Bonchev–Trinajstić information content (AvgIpc) is 2.40. The molecule has 24 heavy (non-hydrogen) atoms. The fourth-order valence-electron chi connectivity index (χ4n) is 1.81. The first-order valence-electron chi connectivity index (χ1n) is 6.62. The maximum absolute atomic E-state index is 12.8. The van der Waals surface area contributed by atoms with Crippen molar-refractivity contribution in [3.8, 4) is 0 Å². The standard InChI is InChI=1S/C9H17F6NO5S2Si/c1-4-7-21-24(5-2,6-3)16(22(17,18)8(10,11)12)23(19,20)9(13,14)15/h4-7H2,1-3H3. The lowest BCUT2D eigenvalue weighted by Gasteiger charge is -2.38. The molecule has 0 aliphatic rings. The van der Waals surface area contributed by atoms with Crippen molar-refractivity contribution in [1.82, 2.24) is 3.38 Å². The third-order valence-corrected chi connectivity index (χ3v) is 13.3. The fraction of sp³-hybridized carbons (Fsp3) is 1.00. The van der Waals surface area contributed by atoms with Gasteiger partial charge >= 0.3 is 39.5 Å². The van der Waals surface area contributed by atoms with Gasteiger partial charge in [0.15, 0.2) is 0 Å². The number of sulfonamides is 2. The van der Waals surface area contributed by atoms with Gasteiger partial charge in [-0.15, -0.1) is 0 Å². The van der Waals surface area contributed by atoms with Gasteiger partial charge in [0.2, 0.25) is 0 Å². The smallest absolute Gasteiger partial charge is 0.402 e. The Bertz CT molecular complexity index is 582. The first-order chi connectivity index (χ1) is 10.5. The summed E-state index contributed by atoms with van der Waals surface area (Å²) >= 11 is 0. The van der Waals surface area contributed by atoms with E-state index in [1.165, 1.54) is 6.92 Å². The van der Waals surface area contributed by atoms with Gasteiger partial charge in [0.05, 0.1) is 0 Å². The number of hydrogen-bond donors (Lipinski definition) is 0. The number of halogens is 6. The maximum atomic E-state index is 12.8. The highest BCUT2D eigenvalue weighted by atomic mass is 32.3. The summed E-state index contributed by atoms with van der Waals surface area (Å²) in [7, 11) is -18.3. The minimum atomic E-state index is -6.83. The lowest BCUT2D eigenvalue weighted by molar-refractivity contribution is -0.0516. The first kappa shape index (κ1) is 23.6. The van der Waals surface area contributed by atoms with E-state index < -0.39 is 55.0 Å². The zero-order chi connectivity index (χ0) is 19.6. The van der Waals surface area contributed by atoms with E-state index in [0.717, 1.165) is 13.8 Å². The predicted molar refractivity (Wildman–Crippen MR) is 74.7 cm³/mol. The third kappa shape index (κ3) is 4.23. The Kier molecular flexibility index (Phi) is 7.35. The van der Waals surface area contributed by atoms with E-state index in [4.69, 9.17) is 4.43 Å². The minimum Gasteiger partial charge on any atom is -0.402 e. The third-order valence-electron chi connectivity index (χ3n) is 3.03. The second-order valence-corrected chi connectivity index (χ2v) is 13.1. The molecule has 0 aromatic rings. The van der Waals surface area contributed by atoms with E-state index in [1.807, 2.05) is 0 Å². The Morgan fingerprint density at radius 1 is 0.833 bits per heavy atom. The van der Waals surface area contributed by atoms with Gasteiger partial charge in [0.25, 0.3) is 0 Å². The second kappa shape index (κ2) is 7.47. The highest BCUT2D eigenvalue weighted by Crippen LogP contribution is 2.41. The second-order valence-electron chi connectivity index (χ2n) is 4.60. The summed E-state index contributed by atoms with van der Waals surface area (Å²) in [6.07, 6.45) is 0.140. The molecule has 0 N–H and O–H groups in total. The van der Waals surface area contributed by atoms with E-state index in [0.29, 0.717) is 0 Å². The van der Waals surface area contributed by atoms with Crippen LogP contribution in [0.3, 0.4) is 0 Å². The molecule has 0 radical (unpaired) electrons. The van der Waals surface area contributed by atoms with Crippen molar-refractivity contribution >= 4 is 28.5 Å². The first-order valence-corrected chi connectivity index (χ1v) is 11.8. The van der Waals surface area contributed by atoms with Crippen molar-refractivity contribution in [1.29, 1.82) is 0 Å². The van der Waals surface area contributed by atoms with E-state index in [-0.39, 0.29) is 13.0 Å². The molecule has 0 spiro atoms. The molecular formula is C9H17F6NO5S2Si. The summed E-state index contributed by atoms with van der Waals surface area (Å²) in [5.74, 6) is 0. The van der Waals surface area contributed by atoms with Crippen LogP contribution in [0.4, 0.5) is 26.3 Å². The van der Waals surface area contributed by atoms with Gasteiger partial charge < -0.3 is 4.43 Å². The number of alkyl halides is 6. The van der Waals surface area contributed by atoms with Crippen LogP contribution in [-0.2, 0) is 24.5 Å². The van der Waals surface area contributed by atoms with Gasteiger partial charge in [-0.05, 0) is 18.5 Å². The van der Waals surface area contributed by atoms with Crippen LogP contribution in [0, 0.1) is 0 Å². The molecule has 146 valence electrons. The van der Waals surface area contributed by atoms with Crippen molar-refractivity contribution in [3.05, 3.63) is 0 Å². The van der Waals surface area contributed by atoms with Crippen molar-refractivity contribution in [2.75, 3.05) is 6.61 Å². The molecule has 0 amide bonds. The van der Waals surface area contributed by atoms with Gasteiger partial charge in [-0.1, -0.05) is 24.1 Å². The summed E-state index contributed by atoms with van der Waals surface area (Å²) < 4.78 is 127. The lowest BCUT2D eigenvalue weighted by Crippen LogP contribution is -2.64. The molecular weight excluding hydrogens is 408 g/mol. The number of hydrogen-bond acceptors (Lipinski definition) is 5. The Balaban J connectivity index is 6.79. The fourth-order valence-corrected chi connectivity index (χ4v) is 11.8. The molecule has 0 heterocycles. The van der Waals surface area contributed by atoms with Crippen LogP contribution in [0.5, 0.6) is 0 Å². The Hall–Kier alpha value is -0.383. The van der Waals surface area contributed by atoms with Crippen LogP contribution in [-0.4, -0.2) is 46.3 Å². The number of rotatable bonds is 8. The highest BCUT2D eigenvalue weighted by molar-refractivity contribution is 8.06. The van der Waals surface area contributed by atoms with Crippen molar-refractivity contribution < 1.29 is 47.6 Å². The molecule has 0 unspecified atom stereocenters. The molecule has 0 aromatic heterocycles. The van der Waals surface area contributed by atoms with Crippen LogP contribution in [0.2, 0.25) is 12.1 Å². The molecule has 0 rings (SSSR count). The van der Waals surface area contributed by atoms with Crippen LogP contribution < -0.4 is 0 Å². The van der Waals surface area contributed by atoms with E-state index >= 15 is 0 Å². The Morgan fingerprint density at radius 2 is 1.17 bits per heavy atom. The van der Waals surface area contributed by atoms with E-state index in [9.17, 15) is 43.2 Å². The normalized spacial score (nSPS) is 15.1. The number of nitrogens with zero attached hydrogens (tertiary/aromatic N) is 1. The summed E-state index contributed by atoms with van der Waals surface area (Å²) in [5.41, 5.74) is -12.5. The molecule has 0 saturated carbocycles. The van der Waals surface area contributed by atoms with Gasteiger partial charge in [0, 0.05) is 6.61 Å². The molecule has 15 heteroatoms. The monoisotopic (exact) mass is 425 g/mol. The van der Waals surface area contributed by atoms with Crippen LogP contribution in [0.1, 0.15) is 27.2 Å². The summed E-state index contributed by atoms with van der Waals surface area (Å²) in [6.45, 7) is 3.25. The quantitative estimate of drug-likeness (QED) is 0.441. The van der Waals surface area contributed by atoms with Gasteiger partial charge in [-0.25, -0.2) is 16.8 Å².